The van der Waals surface area contributed by atoms with Crippen LogP contribution in [-0.4, -0.2) is 16.9 Å². The molecule has 6 heteroatoms. The van der Waals surface area contributed by atoms with Crippen LogP contribution in [0.4, 0.5) is 8.78 Å². The summed E-state index contributed by atoms with van der Waals surface area (Å²) in [4.78, 5) is 14.7. The third kappa shape index (κ3) is 2.38. The van der Waals surface area contributed by atoms with Crippen molar-refractivity contribution in [1.29, 1.82) is 5.26 Å². The largest absolute Gasteiger partial charge is 0.336 e. The molecule has 1 N–H and O–H groups in total. The summed E-state index contributed by atoms with van der Waals surface area (Å²) in [5.74, 6) is -3.28. The Morgan fingerprint density at radius 1 is 1.59 bits per heavy atom. The van der Waals surface area contributed by atoms with Gasteiger partial charge in [-0.25, -0.2) is 9.37 Å². The maximum Gasteiger partial charge on any atom is 0.255 e. The van der Waals surface area contributed by atoms with Gasteiger partial charge in [0.1, 0.15) is 6.04 Å². The van der Waals surface area contributed by atoms with Crippen molar-refractivity contribution in [2.24, 2.45) is 5.92 Å². The molecule has 1 aliphatic rings. The SMILES string of the molecule is N#CC(NC(=O)c1ccnc(F)c1F)C1CC1. The smallest absolute Gasteiger partial charge is 0.255 e. The van der Waals surface area contributed by atoms with E-state index >= 15 is 0 Å². The van der Waals surface area contributed by atoms with Crippen molar-refractivity contribution in [1.82, 2.24) is 10.3 Å². The zero-order valence-corrected chi connectivity index (χ0v) is 8.78. The van der Waals surface area contributed by atoms with Gasteiger partial charge < -0.3 is 5.32 Å². The first-order valence-corrected chi connectivity index (χ1v) is 5.14. The second-order valence-electron chi connectivity index (χ2n) is 3.88. The molecule has 1 aromatic rings. The summed E-state index contributed by atoms with van der Waals surface area (Å²) in [7, 11) is 0. The van der Waals surface area contributed by atoms with Crippen LogP contribution in [-0.2, 0) is 0 Å². The topological polar surface area (TPSA) is 65.8 Å². The molecule has 4 nitrogen and oxygen atoms in total. The highest BCUT2D eigenvalue weighted by Gasteiger charge is 2.33. The molecule has 1 aromatic heterocycles. The summed E-state index contributed by atoms with van der Waals surface area (Å²) in [6.07, 6.45) is 2.74. The predicted octanol–water partition coefficient (Wildman–Crippen LogP) is 1.39. The molecule has 1 amide bonds. The lowest BCUT2D eigenvalue weighted by Gasteiger charge is -2.10. The lowest BCUT2D eigenvalue weighted by Crippen LogP contribution is -2.35. The molecule has 0 bridgehead atoms. The second-order valence-corrected chi connectivity index (χ2v) is 3.88. The molecule has 1 aliphatic carbocycles. The highest BCUT2D eigenvalue weighted by atomic mass is 19.2. The van der Waals surface area contributed by atoms with E-state index in [0.717, 1.165) is 25.1 Å². The van der Waals surface area contributed by atoms with Gasteiger partial charge in [-0.1, -0.05) is 0 Å². The molecule has 0 radical (unpaired) electrons. The first-order valence-electron chi connectivity index (χ1n) is 5.14. The highest BCUT2D eigenvalue weighted by molar-refractivity contribution is 5.94. The van der Waals surface area contributed by atoms with Crippen LogP contribution in [0.25, 0.3) is 0 Å². The number of aromatic nitrogens is 1. The van der Waals surface area contributed by atoms with Gasteiger partial charge in [-0.05, 0) is 24.8 Å². The number of halogens is 2. The normalized spacial score (nSPS) is 16.1. The summed E-state index contributed by atoms with van der Waals surface area (Å²) in [6.45, 7) is 0. The average molecular weight is 237 g/mol. The van der Waals surface area contributed by atoms with Crippen molar-refractivity contribution in [3.8, 4) is 6.07 Å². The van der Waals surface area contributed by atoms with Crippen LogP contribution in [0.5, 0.6) is 0 Å². The predicted molar refractivity (Wildman–Crippen MR) is 53.7 cm³/mol. The molecule has 2 rings (SSSR count). The van der Waals surface area contributed by atoms with Crippen molar-refractivity contribution in [2.75, 3.05) is 0 Å². The Kier molecular flexibility index (Phi) is 3.00. The third-order valence-electron chi connectivity index (χ3n) is 2.61. The van der Waals surface area contributed by atoms with E-state index in [4.69, 9.17) is 5.26 Å². The van der Waals surface area contributed by atoms with E-state index in [1.165, 1.54) is 0 Å². The lowest BCUT2D eigenvalue weighted by molar-refractivity contribution is 0.0936. The molecule has 0 saturated heterocycles. The summed E-state index contributed by atoms with van der Waals surface area (Å²) in [5.41, 5.74) is -0.432. The number of pyridine rings is 1. The summed E-state index contributed by atoms with van der Waals surface area (Å²) in [5, 5.41) is 11.2. The number of carbonyl (C=O) groups excluding carboxylic acids is 1. The third-order valence-corrected chi connectivity index (χ3v) is 2.61. The van der Waals surface area contributed by atoms with Gasteiger partial charge in [-0.2, -0.15) is 9.65 Å². The van der Waals surface area contributed by atoms with Gasteiger partial charge in [0.05, 0.1) is 11.6 Å². The summed E-state index contributed by atoms with van der Waals surface area (Å²) >= 11 is 0. The van der Waals surface area contributed by atoms with Crippen molar-refractivity contribution >= 4 is 5.91 Å². The van der Waals surface area contributed by atoms with Crippen molar-refractivity contribution in [3.05, 3.63) is 29.6 Å². The molecule has 0 aliphatic heterocycles. The molecule has 17 heavy (non-hydrogen) atoms. The van der Waals surface area contributed by atoms with Crippen LogP contribution in [0.3, 0.4) is 0 Å². The van der Waals surface area contributed by atoms with Gasteiger partial charge in [-0.15, -0.1) is 0 Å². The van der Waals surface area contributed by atoms with Gasteiger partial charge in [-0.3, -0.25) is 4.79 Å². The quantitative estimate of drug-likeness (QED) is 0.808. The number of hydrogen-bond donors (Lipinski definition) is 1. The molecule has 1 unspecified atom stereocenters. The minimum Gasteiger partial charge on any atom is -0.336 e. The Hall–Kier alpha value is -2.03. The molecule has 1 atom stereocenters. The standard InChI is InChI=1S/C11H9F2N3O/c12-9-7(3-4-15-10(9)13)11(17)16-8(5-14)6-1-2-6/h3-4,6,8H,1-2H2,(H,16,17). The van der Waals surface area contributed by atoms with E-state index in [9.17, 15) is 13.6 Å². The zero-order chi connectivity index (χ0) is 12.4. The number of amides is 1. The average Bonchev–Trinajstić information content (AvgIpc) is 3.13. The highest BCUT2D eigenvalue weighted by Crippen LogP contribution is 2.32. The van der Waals surface area contributed by atoms with Crippen molar-refractivity contribution in [3.63, 3.8) is 0 Å². The molecule has 1 saturated carbocycles. The first-order chi connectivity index (χ1) is 8.13. The van der Waals surface area contributed by atoms with Gasteiger partial charge in [0.25, 0.3) is 5.91 Å². The van der Waals surface area contributed by atoms with E-state index in [1.807, 2.05) is 6.07 Å². The van der Waals surface area contributed by atoms with Crippen LogP contribution in [0.2, 0.25) is 0 Å². The zero-order valence-electron chi connectivity index (χ0n) is 8.78. The number of nitrogens with zero attached hydrogens (tertiary/aromatic N) is 2. The summed E-state index contributed by atoms with van der Waals surface area (Å²) < 4.78 is 26.0. The van der Waals surface area contributed by atoms with Crippen molar-refractivity contribution in [2.45, 2.75) is 18.9 Å². The fraction of sp³-hybridized carbons (Fsp3) is 0.364. The molecule has 88 valence electrons. The van der Waals surface area contributed by atoms with E-state index in [-0.39, 0.29) is 5.92 Å². The van der Waals surface area contributed by atoms with Gasteiger partial charge in [0.15, 0.2) is 5.82 Å². The number of hydrogen-bond acceptors (Lipinski definition) is 3. The Labute approximate surface area is 96.3 Å². The Morgan fingerprint density at radius 3 is 2.88 bits per heavy atom. The second kappa shape index (κ2) is 4.45. The van der Waals surface area contributed by atoms with Crippen LogP contribution in [0.1, 0.15) is 23.2 Å². The Bertz CT molecular complexity index is 494. The number of carbonyl (C=O) groups is 1. The first kappa shape index (κ1) is 11.5. The lowest BCUT2D eigenvalue weighted by atomic mass is 10.1. The number of rotatable bonds is 3. The van der Waals surface area contributed by atoms with Gasteiger partial charge in [0, 0.05) is 6.20 Å². The van der Waals surface area contributed by atoms with E-state index in [0.29, 0.717) is 0 Å². The van der Waals surface area contributed by atoms with Crippen LogP contribution < -0.4 is 5.32 Å². The minimum absolute atomic E-state index is 0.124. The molecular formula is C11H9F2N3O. The minimum atomic E-state index is -1.32. The maximum absolute atomic E-state index is 13.2. The van der Waals surface area contributed by atoms with E-state index in [2.05, 4.69) is 10.3 Å². The Balaban J connectivity index is 2.14. The van der Waals surface area contributed by atoms with Crippen LogP contribution in [0.15, 0.2) is 12.3 Å². The number of nitriles is 1. The monoisotopic (exact) mass is 237 g/mol. The van der Waals surface area contributed by atoms with E-state index in [1.54, 1.807) is 0 Å². The Morgan fingerprint density at radius 2 is 2.29 bits per heavy atom. The van der Waals surface area contributed by atoms with Crippen molar-refractivity contribution < 1.29 is 13.6 Å². The summed E-state index contributed by atoms with van der Waals surface area (Å²) in [6, 6.07) is 2.37. The molecule has 0 spiro atoms. The maximum atomic E-state index is 13.2. The molecule has 0 aromatic carbocycles. The van der Waals surface area contributed by atoms with Crippen LogP contribution >= 0.6 is 0 Å². The number of nitrogens with one attached hydrogen (secondary N) is 1. The molecular weight excluding hydrogens is 228 g/mol. The van der Waals surface area contributed by atoms with E-state index < -0.39 is 29.3 Å². The fourth-order valence-corrected chi connectivity index (χ4v) is 1.50. The molecule has 1 heterocycles. The molecule has 1 fully saturated rings. The van der Waals surface area contributed by atoms with Gasteiger partial charge >= 0.3 is 0 Å². The fourth-order valence-electron chi connectivity index (χ4n) is 1.50. The van der Waals surface area contributed by atoms with Gasteiger partial charge in [0.2, 0.25) is 5.95 Å². The van der Waals surface area contributed by atoms with Crippen LogP contribution in [0, 0.1) is 29.0 Å².